The molecule has 1 aromatic heterocycles. The molecule has 0 bridgehead atoms. The van der Waals surface area contributed by atoms with Gasteiger partial charge in [0, 0.05) is 0 Å². The maximum atomic E-state index is 13.0. The van der Waals surface area contributed by atoms with Crippen molar-refractivity contribution >= 4 is 23.2 Å². The second-order valence-corrected chi connectivity index (χ2v) is 5.77. The maximum Gasteiger partial charge on any atom is 0.305 e. The molecule has 2 aromatic rings. The Kier molecular flexibility index (Phi) is 5.27. The molecule has 1 amide bonds. The highest BCUT2D eigenvalue weighted by atomic mass is 32.1. The highest BCUT2D eigenvalue weighted by Gasteiger charge is 2.22. The molecule has 0 aliphatic carbocycles. The molecule has 0 saturated heterocycles. The largest absolute Gasteiger partial charge is 0.481 e. The Morgan fingerprint density at radius 3 is 2.45 bits per heavy atom. The van der Waals surface area contributed by atoms with Crippen LogP contribution in [-0.2, 0) is 9.59 Å². The molecule has 0 saturated carbocycles. The minimum atomic E-state index is -1.03. The first kappa shape index (κ1) is 16.2. The quantitative estimate of drug-likeness (QED) is 0.857. The molecule has 2 unspecified atom stereocenters. The van der Waals surface area contributed by atoms with Gasteiger partial charge in [-0.1, -0.05) is 12.1 Å². The van der Waals surface area contributed by atoms with Gasteiger partial charge >= 0.3 is 5.97 Å². The third kappa shape index (κ3) is 4.14. The van der Waals surface area contributed by atoms with E-state index in [1.807, 2.05) is 16.8 Å². The fraction of sp³-hybridized carbons (Fsp3) is 0.250. The Bertz CT molecular complexity index is 640. The standard InChI is InChI=1S/C16H16FNO3S/c1-10(12-6-7-22-9-12)16(21)18-14(8-15(19)20)11-2-4-13(17)5-3-11/h2-7,9-10,14H,8H2,1H3,(H,18,21)(H,19,20). The van der Waals surface area contributed by atoms with E-state index in [9.17, 15) is 14.0 Å². The van der Waals surface area contributed by atoms with Crippen LogP contribution in [0.5, 0.6) is 0 Å². The lowest BCUT2D eigenvalue weighted by molar-refractivity contribution is -0.137. The van der Waals surface area contributed by atoms with Gasteiger partial charge in [0.05, 0.1) is 18.4 Å². The number of aliphatic carboxylic acids is 1. The molecule has 6 heteroatoms. The summed E-state index contributed by atoms with van der Waals surface area (Å²) in [6, 6.07) is 6.64. The molecule has 2 atom stereocenters. The second-order valence-electron chi connectivity index (χ2n) is 4.99. The third-order valence-electron chi connectivity index (χ3n) is 3.40. The van der Waals surface area contributed by atoms with Crippen molar-refractivity contribution in [2.24, 2.45) is 0 Å². The van der Waals surface area contributed by atoms with Gasteiger partial charge < -0.3 is 10.4 Å². The van der Waals surface area contributed by atoms with E-state index in [2.05, 4.69) is 5.32 Å². The van der Waals surface area contributed by atoms with Crippen molar-refractivity contribution in [1.29, 1.82) is 0 Å². The number of carboxylic acids is 1. The summed E-state index contributed by atoms with van der Waals surface area (Å²) >= 11 is 1.50. The van der Waals surface area contributed by atoms with E-state index in [4.69, 9.17) is 5.11 Å². The topological polar surface area (TPSA) is 66.4 Å². The number of amides is 1. The molecule has 1 aromatic carbocycles. The smallest absolute Gasteiger partial charge is 0.305 e. The molecule has 0 aliphatic rings. The van der Waals surface area contributed by atoms with Crippen molar-refractivity contribution in [3.05, 3.63) is 58.0 Å². The molecule has 2 rings (SSSR count). The molecule has 1 heterocycles. The average molecular weight is 321 g/mol. The number of hydrogen-bond donors (Lipinski definition) is 2. The van der Waals surface area contributed by atoms with Gasteiger partial charge in [-0.2, -0.15) is 11.3 Å². The molecule has 0 fully saturated rings. The van der Waals surface area contributed by atoms with Gasteiger partial charge in [0.2, 0.25) is 5.91 Å². The first-order valence-corrected chi connectivity index (χ1v) is 7.71. The zero-order valence-electron chi connectivity index (χ0n) is 12.0. The number of benzene rings is 1. The lowest BCUT2D eigenvalue weighted by Crippen LogP contribution is -2.33. The summed E-state index contributed by atoms with van der Waals surface area (Å²) in [5.41, 5.74) is 1.45. The number of nitrogens with one attached hydrogen (secondary N) is 1. The van der Waals surface area contributed by atoms with Crippen molar-refractivity contribution in [2.45, 2.75) is 25.3 Å². The molecular weight excluding hydrogens is 305 g/mol. The van der Waals surface area contributed by atoms with Crippen LogP contribution < -0.4 is 5.32 Å². The minimum Gasteiger partial charge on any atom is -0.481 e. The van der Waals surface area contributed by atoms with Crippen LogP contribution in [0.15, 0.2) is 41.1 Å². The Morgan fingerprint density at radius 1 is 1.23 bits per heavy atom. The predicted molar refractivity (Wildman–Crippen MR) is 82.3 cm³/mol. The van der Waals surface area contributed by atoms with Crippen LogP contribution in [0.2, 0.25) is 0 Å². The number of hydrogen-bond acceptors (Lipinski definition) is 3. The van der Waals surface area contributed by atoms with Crippen LogP contribution in [0, 0.1) is 5.82 Å². The van der Waals surface area contributed by atoms with E-state index in [0.29, 0.717) is 5.56 Å². The lowest BCUT2D eigenvalue weighted by atomic mass is 10.00. The summed E-state index contributed by atoms with van der Waals surface area (Å²) in [6.45, 7) is 1.76. The summed E-state index contributed by atoms with van der Waals surface area (Å²) in [5, 5.41) is 15.5. The number of carbonyl (C=O) groups is 2. The summed E-state index contributed by atoms with van der Waals surface area (Å²) in [5.74, 6) is -2.06. The van der Waals surface area contributed by atoms with Gasteiger partial charge in [-0.25, -0.2) is 4.39 Å². The Labute approximate surface area is 131 Å². The van der Waals surface area contributed by atoms with E-state index in [1.165, 1.54) is 35.6 Å². The molecule has 2 N–H and O–H groups in total. The van der Waals surface area contributed by atoms with E-state index in [-0.39, 0.29) is 18.2 Å². The Hall–Kier alpha value is -2.21. The number of halogens is 1. The maximum absolute atomic E-state index is 13.0. The molecule has 22 heavy (non-hydrogen) atoms. The van der Waals surface area contributed by atoms with Crippen LogP contribution in [-0.4, -0.2) is 17.0 Å². The van der Waals surface area contributed by atoms with E-state index in [0.717, 1.165) is 5.56 Å². The number of thiophene rings is 1. The number of carboxylic acid groups (broad SMARTS) is 1. The van der Waals surface area contributed by atoms with Crippen LogP contribution in [0.3, 0.4) is 0 Å². The first-order chi connectivity index (χ1) is 10.5. The van der Waals surface area contributed by atoms with Gasteiger partial charge in [-0.05, 0) is 47.0 Å². The Morgan fingerprint density at radius 2 is 1.91 bits per heavy atom. The highest BCUT2D eigenvalue weighted by Crippen LogP contribution is 2.22. The van der Waals surface area contributed by atoms with Gasteiger partial charge in [-0.15, -0.1) is 0 Å². The van der Waals surface area contributed by atoms with Gasteiger partial charge in [0.25, 0.3) is 0 Å². The normalized spacial score (nSPS) is 13.4. The zero-order valence-corrected chi connectivity index (χ0v) is 12.8. The average Bonchev–Trinajstić information content (AvgIpc) is 3.00. The van der Waals surface area contributed by atoms with E-state index < -0.39 is 17.8 Å². The number of carbonyl (C=O) groups excluding carboxylic acids is 1. The molecule has 116 valence electrons. The highest BCUT2D eigenvalue weighted by molar-refractivity contribution is 7.08. The predicted octanol–water partition coefficient (Wildman–Crippen LogP) is 3.32. The van der Waals surface area contributed by atoms with Crippen LogP contribution in [0.1, 0.15) is 36.4 Å². The molecule has 0 radical (unpaired) electrons. The van der Waals surface area contributed by atoms with Crippen molar-refractivity contribution < 1.29 is 19.1 Å². The molecular formula is C16H16FNO3S. The lowest BCUT2D eigenvalue weighted by Gasteiger charge is -2.20. The van der Waals surface area contributed by atoms with Gasteiger partial charge in [-0.3, -0.25) is 9.59 Å². The molecule has 0 spiro atoms. The third-order valence-corrected chi connectivity index (χ3v) is 4.11. The summed E-state index contributed by atoms with van der Waals surface area (Å²) in [4.78, 5) is 23.3. The molecule has 4 nitrogen and oxygen atoms in total. The fourth-order valence-electron chi connectivity index (χ4n) is 2.09. The number of rotatable bonds is 6. The summed E-state index contributed by atoms with van der Waals surface area (Å²) in [6.07, 6.45) is -0.256. The van der Waals surface area contributed by atoms with Crippen molar-refractivity contribution in [2.75, 3.05) is 0 Å². The second kappa shape index (κ2) is 7.17. The van der Waals surface area contributed by atoms with E-state index in [1.54, 1.807) is 6.92 Å². The monoisotopic (exact) mass is 321 g/mol. The zero-order chi connectivity index (χ0) is 16.1. The SMILES string of the molecule is CC(C(=O)NC(CC(=O)O)c1ccc(F)cc1)c1ccsc1. The van der Waals surface area contributed by atoms with Crippen LogP contribution in [0.4, 0.5) is 4.39 Å². The summed E-state index contributed by atoms with van der Waals surface area (Å²) in [7, 11) is 0. The van der Waals surface area contributed by atoms with E-state index >= 15 is 0 Å². The fourth-order valence-corrected chi connectivity index (χ4v) is 2.85. The van der Waals surface area contributed by atoms with Crippen LogP contribution >= 0.6 is 11.3 Å². The van der Waals surface area contributed by atoms with Gasteiger partial charge in [0.15, 0.2) is 0 Å². The van der Waals surface area contributed by atoms with Gasteiger partial charge in [0.1, 0.15) is 5.82 Å². The van der Waals surface area contributed by atoms with Crippen LogP contribution in [0.25, 0.3) is 0 Å². The summed E-state index contributed by atoms with van der Waals surface area (Å²) < 4.78 is 13.0. The van der Waals surface area contributed by atoms with Crippen molar-refractivity contribution in [3.63, 3.8) is 0 Å². The minimum absolute atomic E-state index is 0.256. The van der Waals surface area contributed by atoms with Crippen molar-refractivity contribution in [1.82, 2.24) is 5.32 Å². The molecule has 0 aliphatic heterocycles. The Balaban J connectivity index is 2.14. The first-order valence-electron chi connectivity index (χ1n) is 6.77. The van der Waals surface area contributed by atoms with Crippen molar-refractivity contribution in [3.8, 4) is 0 Å².